The topological polar surface area (TPSA) is 82.0 Å². The van der Waals surface area contributed by atoms with Crippen molar-refractivity contribution < 1.29 is 24.0 Å². The molecule has 0 bridgehead atoms. The summed E-state index contributed by atoms with van der Waals surface area (Å²) in [6, 6.07) is 9.41. The van der Waals surface area contributed by atoms with Crippen molar-refractivity contribution in [3.8, 4) is 0 Å². The van der Waals surface area contributed by atoms with E-state index in [2.05, 4.69) is 14.7 Å². The van der Waals surface area contributed by atoms with Gasteiger partial charge in [0.15, 0.2) is 0 Å². The van der Waals surface area contributed by atoms with Crippen LogP contribution in [0.25, 0.3) is 0 Å². The monoisotopic (exact) mass is 265 g/mol. The molecule has 0 aliphatic carbocycles. The molecule has 6 heteroatoms. The van der Waals surface area contributed by atoms with Gasteiger partial charge < -0.3 is 9.57 Å². The first-order chi connectivity index (χ1) is 8.91. The van der Waals surface area contributed by atoms with Crippen molar-refractivity contribution in [2.24, 2.45) is 5.16 Å². The average molecular weight is 265 g/mol. The molecule has 0 amide bonds. The van der Waals surface area contributed by atoms with Crippen molar-refractivity contribution in [2.75, 3.05) is 0 Å². The van der Waals surface area contributed by atoms with Crippen LogP contribution in [0.5, 0.6) is 0 Å². The Morgan fingerprint density at radius 3 is 1.84 bits per heavy atom. The summed E-state index contributed by atoms with van der Waals surface area (Å²) in [6.45, 7) is 3.67. The van der Waals surface area contributed by atoms with Crippen LogP contribution in [0.4, 0.5) is 0 Å². The van der Waals surface area contributed by atoms with E-state index in [-0.39, 0.29) is 0 Å². The van der Waals surface area contributed by atoms with Crippen LogP contribution < -0.4 is 0 Å². The van der Waals surface area contributed by atoms with Crippen LogP contribution in [0.2, 0.25) is 0 Å². The number of nitrogens with zero attached hydrogens (tertiary/aromatic N) is 1. The third-order valence-electron chi connectivity index (χ3n) is 1.47. The van der Waals surface area contributed by atoms with Crippen LogP contribution in [-0.4, -0.2) is 24.1 Å². The summed E-state index contributed by atoms with van der Waals surface area (Å²) in [4.78, 5) is 34.3. The highest BCUT2D eigenvalue weighted by Crippen LogP contribution is 1.93. The van der Waals surface area contributed by atoms with Crippen LogP contribution in [0.3, 0.4) is 0 Å². The van der Waals surface area contributed by atoms with E-state index in [4.69, 9.17) is 0 Å². The number of oxime groups is 1. The van der Waals surface area contributed by atoms with Gasteiger partial charge in [-0.3, -0.25) is 9.59 Å². The van der Waals surface area contributed by atoms with Gasteiger partial charge in [-0.25, -0.2) is 4.79 Å². The Balaban J connectivity index is 0.000000399. The molecule has 1 aromatic carbocycles. The SMILES string of the molecule is CC(=O)OC(C)=O.CC(=O)ON=Cc1ccccc1. The fourth-order valence-corrected chi connectivity index (χ4v) is 0.903. The zero-order valence-electron chi connectivity index (χ0n) is 11.0. The molecule has 0 aliphatic heterocycles. The Hall–Kier alpha value is -2.50. The molecular weight excluding hydrogens is 250 g/mol. The molecule has 0 saturated heterocycles. The third-order valence-corrected chi connectivity index (χ3v) is 1.47. The molecule has 1 rings (SSSR count). The van der Waals surface area contributed by atoms with Crippen LogP contribution >= 0.6 is 0 Å². The highest BCUT2D eigenvalue weighted by atomic mass is 16.7. The van der Waals surface area contributed by atoms with Gasteiger partial charge in [-0.2, -0.15) is 0 Å². The first-order valence-electron chi connectivity index (χ1n) is 5.36. The predicted octanol–water partition coefficient (Wildman–Crippen LogP) is 1.68. The summed E-state index contributed by atoms with van der Waals surface area (Å²) in [5.74, 6) is -1.54. The van der Waals surface area contributed by atoms with E-state index in [1.807, 2.05) is 30.3 Å². The molecule has 0 heterocycles. The van der Waals surface area contributed by atoms with E-state index in [0.29, 0.717) is 0 Å². The second-order valence-electron chi connectivity index (χ2n) is 3.31. The average Bonchev–Trinajstić information content (AvgIpc) is 2.28. The lowest BCUT2D eigenvalue weighted by molar-refractivity contribution is -0.156. The molecule has 19 heavy (non-hydrogen) atoms. The Kier molecular flexibility index (Phi) is 8.27. The second kappa shape index (κ2) is 9.52. The predicted molar refractivity (Wildman–Crippen MR) is 68.2 cm³/mol. The Labute approximate surface area is 111 Å². The van der Waals surface area contributed by atoms with Crippen LogP contribution in [0.15, 0.2) is 35.5 Å². The largest absolute Gasteiger partial charge is 0.394 e. The van der Waals surface area contributed by atoms with E-state index in [1.165, 1.54) is 27.0 Å². The third kappa shape index (κ3) is 11.8. The lowest BCUT2D eigenvalue weighted by Crippen LogP contribution is -2.03. The van der Waals surface area contributed by atoms with Gasteiger partial charge in [-0.15, -0.1) is 0 Å². The number of carbonyl (C=O) groups is 3. The van der Waals surface area contributed by atoms with Gasteiger partial charge in [0.2, 0.25) is 0 Å². The maximum Gasteiger partial charge on any atom is 0.331 e. The number of benzene rings is 1. The van der Waals surface area contributed by atoms with Gasteiger partial charge in [0, 0.05) is 20.8 Å². The minimum Gasteiger partial charge on any atom is -0.394 e. The molecule has 0 aliphatic rings. The fraction of sp³-hybridized carbons (Fsp3) is 0.231. The molecule has 0 atom stereocenters. The van der Waals surface area contributed by atoms with Gasteiger partial charge in [-0.05, 0) is 5.56 Å². The fourth-order valence-electron chi connectivity index (χ4n) is 0.903. The minimum absolute atomic E-state index is 0.415. The molecule has 0 aromatic heterocycles. The van der Waals surface area contributed by atoms with Crippen LogP contribution in [-0.2, 0) is 24.0 Å². The van der Waals surface area contributed by atoms with Gasteiger partial charge in [-0.1, -0.05) is 35.5 Å². The molecule has 0 unspecified atom stereocenters. The zero-order chi connectivity index (χ0) is 14.7. The van der Waals surface area contributed by atoms with E-state index in [9.17, 15) is 14.4 Å². The standard InChI is InChI=1S/C9H9NO2.C4H6O3/c1-8(11)12-10-7-9-5-3-2-4-6-9;1-3(5)7-4(2)6/h2-7H,1H3;1-2H3. The minimum atomic E-state index is -0.562. The van der Waals surface area contributed by atoms with E-state index in [0.717, 1.165) is 5.56 Å². The van der Waals surface area contributed by atoms with Crippen molar-refractivity contribution >= 4 is 24.1 Å². The molecular formula is C13H15NO5. The molecule has 0 spiro atoms. The van der Waals surface area contributed by atoms with E-state index in [1.54, 1.807) is 0 Å². The summed E-state index contributed by atoms with van der Waals surface area (Å²) >= 11 is 0. The van der Waals surface area contributed by atoms with Gasteiger partial charge in [0.1, 0.15) is 0 Å². The number of hydrogen-bond acceptors (Lipinski definition) is 6. The summed E-state index contributed by atoms with van der Waals surface area (Å²) < 4.78 is 3.97. The van der Waals surface area contributed by atoms with E-state index >= 15 is 0 Å². The highest BCUT2D eigenvalue weighted by molar-refractivity contribution is 5.82. The molecule has 102 valence electrons. The first kappa shape index (κ1) is 16.5. The smallest absolute Gasteiger partial charge is 0.331 e. The summed E-state index contributed by atoms with van der Waals surface area (Å²) in [5, 5.41) is 3.47. The number of hydrogen-bond donors (Lipinski definition) is 0. The van der Waals surface area contributed by atoms with Gasteiger partial charge >= 0.3 is 17.9 Å². The van der Waals surface area contributed by atoms with Crippen molar-refractivity contribution in [1.29, 1.82) is 0 Å². The molecule has 1 aromatic rings. The van der Waals surface area contributed by atoms with Crippen molar-refractivity contribution in [3.05, 3.63) is 35.9 Å². The lowest BCUT2D eigenvalue weighted by atomic mass is 10.2. The van der Waals surface area contributed by atoms with Crippen molar-refractivity contribution in [2.45, 2.75) is 20.8 Å². The van der Waals surface area contributed by atoms with Crippen molar-refractivity contribution in [3.63, 3.8) is 0 Å². The number of esters is 2. The number of ether oxygens (including phenoxy) is 1. The van der Waals surface area contributed by atoms with E-state index < -0.39 is 17.9 Å². The molecule has 0 N–H and O–H groups in total. The number of carbonyl (C=O) groups excluding carboxylic acids is 3. The van der Waals surface area contributed by atoms with Crippen molar-refractivity contribution in [1.82, 2.24) is 0 Å². The second-order valence-corrected chi connectivity index (χ2v) is 3.31. The van der Waals surface area contributed by atoms with Gasteiger partial charge in [0.05, 0.1) is 6.21 Å². The zero-order valence-corrected chi connectivity index (χ0v) is 11.0. The Morgan fingerprint density at radius 2 is 1.47 bits per heavy atom. The van der Waals surface area contributed by atoms with Crippen LogP contribution in [0.1, 0.15) is 26.3 Å². The lowest BCUT2D eigenvalue weighted by Gasteiger charge is -1.90. The maximum atomic E-state index is 10.3. The highest BCUT2D eigenvalue weighted by Gasteiger charge is 1.93. The summed E-state index contributed by atoms with van der Waals surface area (Å²) in [6.07, 6.45) is 1.49. The summed E-state index contributed by atoms with van der Waals surface area (Å²) in [7, 11) is 0. The van der Waals surface area contributed by atoms with Gasteiger partial charge in [0.25, 0.3) is 0 Å². The molecule has 0 radical (unpaired) electrons. The molecule has 6 nitrogen and oxygen atoms in total. The Bertz CT molecular complexity index is 441. The summed E-state index contributed by atoms with van der Waals surface area (Å²) in [5.41, 5.74) is 0.902. The maximum absolute atomic E-state index is 10.3. The Morgan fingerprint density at radius 1 is 0.947 bits per heavy atom. The normalized spacial score (nSPS) is 9.21. The molecule has 0 saturated carbocycles. The first-order valence-corrected chi connectivity index (χ1v) is 5.36. The van der Waals surface area contributed by atoms with Crippen LogP contribution in [0, 0.1) is 0 Å². The number of rotatable bonds is 2. The molecule has 0 fully saturated rings. The quantitative estimate of drug-likeness (QED) is 0.267.